The predicted octanol–water partition coefficient (Wildman–Crippen LogP) is 2.77. The van der Waals surface area contributed by atoms with Crippen molar-refractivity contribution in [3.8, 4) is 0 Å². The minimum Gasteiger partial charge on any atom is -0.480 e. The van der Waals surface area contributed by atoms with Crippen LogP contribution < -0.4 is 0 Å². The summed E-state index contributed by atoms with van der Waals surface area (Å²) in [7, 11) is 0. The van der Waals surface area contributed by atoms with E-state index < -0.39 is 22.8 Å². The van der Waals surface area contributed by atoms with Gasteiger partial charge in [0.05, 0.1) is 0 Å². The van der Waals surface area contributed by atoms with Crippen molar-refractivity contribution in [1.29, 1.82) is 0 Å². The summed E-state index contributed by atoms with van der Waals surface area (Å²) < 4.78 is 0. The molecule has 0 spiro atoms. The lowest BCUT2D eigenvalue weighted by Crippen LogP contribution is -2.51. The molecule has 4 nitrogen and oxygen atoms in total. The molecule has 0 saturated heterocycles. The Morgan fingerprint density at radius 1 is 1.00 bits per heavy atom. The van der Waals surface area contributed by atoms with Crippen LogP contribution in [-0.2, 0) is 9.59 Å². The number of rotatable bonds is 7. The minimum absolute atomic E-state index is 0.113. The second kappa shape index (κ2) is 5.32. The third-order valence-electron chi connectivity index (χ3n) is 3.87. The van der Waals surface area contributed by atoms with E-state index in [1.807, 2.05) is 13.8 Å². The Bertz CT molecular complexity index is 258. The van der Waals surface area contributed by atoms with E-state index in [4.69, 9.17) is 0 Å². The highest BCUT2D eigenvalue weighted by Gasteiger charge is 2.57. The summed E-state index contributed by atoms with van der Waals surface area (Å²) >= 11 is 0. The van der Waals surface area contributed by atoms with E-state index in [-0.39, 0.29) is 6.42 Å². The number of carbonyl (C=O) groups is 2. The molecule has 4 heteroatoms. The smallest absolute Gasteiger partial charge is 0.321 e. The molecule has 94 valence electrons. The Morgan fingerprint density at radius 3 is 1.62 bits per heavy atom. The first-order valence-corrected chi connectivity index (χ1v) is 5.79. The Labute approximate surface area is 96.7 Å². The summed E-state index contributed by atoms with van der Waals surface area (Å²) in [5, 5.41) is 18.6. The van der Waals surface area contributed by atoms with E-state index in [0.29, 0.717) is 12.8 Å². The van der Waals surface area contributed by atoms with Crippen LogP contribution in [0.3, 0.4) is 0 Å². The van der Waals surface area contributed by atoms with Gasteiger partial charge in [-0.2, -0.15) is 0 Å². The molecule has 0 heterocycles. The van der Waals surface area contributed by atoms with Gasteiger partial charge in [0, 0.05) is 0 Å². The average molecular weight is 230 g/mol. The van der Waals surface area contributed by atoms with E-state index in [1.165, 1.54) is 0 Å². The highest BCUT2D eigenvalue weighted by Crippen LogP contribution is 2.48. The van der Waals surface area contributed by atoms with Crippen LogP contribution in [0.15, 0.2) is 0 Å². The summed E-state index contributed by atoms with van der Waals surface area (Å²) in [5.41, 5.74) is -2.37. The normalized spacial score (nSPS) is 15.5. The molecular weight excluding hydrogens is 208 g/mol. The highest BCUT2D eigenvalue weighted by molar-refractivity contribution is 5.99. The average Bonchev–Trinajstić information content (AvgIpc) is 2.18. The zero-order valence-electron chi connectivity index (χ0n) is 10.5. The first kappa shape index (κ1) is 14.9. The van der Waals surface area contributed by atoms with Crippen molar-refractivity contribution in [2.45, 2.75) is 53.4 Å². The Morgan fingerprint density at radius 2 is 1.44 bits per heavy atom. The van der Waals surface area contributed by atoms with Gasteiger partial charge in [0.2, 0.25) is 0 Å². The van der Waals surface area contributed by atoms with Crippen LogP contribution in [0.25, 0.3) is 0 Å². The Balaban J connectivity index is 5.62. The molecule has 0 aliphatic heterocycles. The molecule has 0 saturated carbocycles. The molecule has 0 aromatic rings. The van der Waals surface area contributed by atoms with Crippen molar-refractivity contribution in [1.82, 2.24) is 0 Å². The van der Waals surface area contributed by atoms with Gasteiger partial charge in [0.25, 0.3) is 0 Å². The van der Waals surface area contributed by atoms with Crippen molar-refractivity contribution >= 4 is 11.9 Å². The van der Waals surface area contributed by atoms with Gasteiger partial charge >= 0.3 is 11.9 Å². The number of hydrogen-bond acceptors (Lipinski definition) is 2. The summed E-state index contributed by atoms with van der Waals surface area (Å²) in [6.07, 6.45) is 2.05. The van der Waals surface area contributed by atoms with Crippen LogP contribution in [0.2, 0.25) is 0 Å². The molecule has 0 aromatic carbocycles. The lowest BCUT2D eigenvalue weighted by Gasteiger charge is -2.42. The standard InChI is InChI=1S/C12H22O4/c1-5-8-11(4,6-2)12(7-3,9(13)14)10(15)16/h5-8H2,1-4H3,(H,13,14)(H,15,16)/t11-/m1/s1. The van der Waals surface area contributed by atoms with Gasteiger partial charge in [-0.15, -0.1) is 0 Å². The fourth-order valence-corrected chi connectivity index (χ4v) is 2.58. The first-order valence-electron chi connectivity index (χ1n) is 5.79. The molecule has 0 aromatic heterocycles. The third kappa shape index (κ3) is 2.06. The van der Waals surface area contributed by atoms with Gasteiger partial charge < -0.3 is 10.2 Å². The van der Waals surface area contributed by atoms with Gasteiger partial charge in [-0.05, 0) is 24.7 Å². The Hall–Kier alpha value is -1.06. The topological polar surface area (TPSA) is 74.6 Å². The molecule has 0 amide bonds. The Kier molecular flexibility index (Phi) is 4.97. The van der Waals surface area contributed by atoms with Crippen LogP contribution in [0.5, 0.6) is 0 Å². The predicted molar refractivity (Wildman–Crippen MR) is 61.3 cm³/mol. The van der Waals surface area contributed by atoms with Crippen LogP contribution >= 0.6 is 0 Å². The number of carboxylic acid groups (broad SMARTS) is 2. The molecule has 0 unspecified atom stereocenters. The van der Waals surface area contributed by atoms with Gasteiger partial charge in [-0.3, -0.25) is 9.59 Å². The molecule has 0 aliphatic carbocycles. The molecule has 0 fully saturated rings. The molecular formula is C12H22O4. The summed E-state index contributed by atoms with van der Waals surface area (Å²) in [4.78, 5) is 22.8. The van der Waals surface area contributed by atoms with Crippen molar-refractivity contribution in [3.05, 3.63) is 0 Å². The molecule has 0 aliphatic rings. The molecule has 1 atom stereocenters. The zero-order chi connectivity index (χ0) is 13.0. The van der Waals surface area contributed by atoms with E-state index >= 15 is 0 Å². The van der Waals surface area contributed by atoms with Crippen molar-refractivity contribution in [3.63, 3.8) is 0 Å². The van der Waals surface area contributed by atoms with Gasteiger partial charge in [-0.1, -0.05) is 34.1 Å². The number of carboxylic acids is 2. The molecule has 2 N–H and O–H groups in total. The van der Waals surface area contributed by atoms with Crippen LogP contribution in [0.1, 0.15) is 53.4 Å². The molecule has 16 heavy (non-hydrogen) atoms. The van der Waals surface area contributed by atoms with E-state index in [9.17, 15) is 19.8 Å². The van der Waals surface area contributed by atoms with Crippen LogP contribution in [0, 0.1) is 10.8 Å². The molecule has 0 bridgehead atoms. The van der Waals surface area contributed by atoms with Crippen molar-refractivity contribution in [2.75, 3.05) is 0 Å². The maximum absolute atomic E-state index is 11.4. The minimum atomic E-state index is -1.67. The fourth-order valence-electron chi connectivity index (χ4n) is 2.58. The van der Waals surface area contributed by atoms with Crippen molar-refractivity contribution < 1.29 is 19.8 Å². The van der Waals surface area contributed by atoms with Crippen LogP contribution in [-0.4, -0.2) is 22.2 Å². The van der Waals surface area contributed by atoms with Crippen molar-refractivity contribution in [2.24, 2.45) is 10.8 Å². The van der Waals surface area contributed by atoms with E-state index in [0.717, 1.165) is 6.42 Å². The SMILES string of the molecule is CCC[C@@](C)(CC)C(CC)(C(=O)O)C(=O)O. The second-order valence-electron chi connectivity index (χ2n) is 4.53. The highest BCUT2D eigenvalue weighted by atomic mass is 16.4. The summed E-state index contributed by atoms with van der Waals surface area (Å²) in [6, 6.07) is 0. The third-order valence-corrected chi connectivity index (χ3v) is 3.87. The summed E-state index contributed by atoms with van der Waals surface area (Å²) in [5.74, 6) is -2.44. The lowest BCUT2D eigenvalue weighted by molar-refractivity contribution is -0.177. The monoisotopic (exact) mass is 230 g/mol. The number of aliphatic carboxylic acids is 2. The van der Waals surface area contributed by atoms with Gasteiger partial charge in [0.1, 0.15) is 0 Å². The van der Waals surface area contributed by atoms with Gasteiger partial charge in [0.15, 0.2) is 5.41 Å². The molecule has 0 radical (unpaired) electrons. The largest absolute Gasteiger partial charge is 0.480 e. The zero-order valence-corrected chi connectivity index (χ0v) is 10.5. The van der Waals surface area contributed by atoms with Crippen LogP contribution in [0.4, 0.5) is 0 Å². The van der Waals surface area contributed by atoms with E-state index in [2.05, 4.69) is 0 Å². The quantitative estimate of drug-likeness (QED) is 0.659. The second-order valence-corrected chi connectivity index (χ2v) is 4.53. The summed E-state index contributed by atoms with van der Waals surface area (Å²) in [6.45, 7) is 7.19. The molecule has 0 rings (SSSR count). The fraction of sp³-hybridized carbons (Fsp3) is 0.833. The first-order chi connectivity index (χ1) is 7.32. The van der Waals surface area contributed by atoms with Gasteiger partial charge in [-0.25, -0.2) is 0 Å². The lowest BCUT2D eigenvalue weighted by atomic mass is 9.59. The maximum Gasteiger partial charge on any atom is 0.321 e. The number of hydrogen-bond donors (Lipinski definition) is 2. The maximum atomic E-state index is 11.4. The van der Waals surface area contributed by atoms with E-state index in [1.54, 1.807) is 13.8 Å².